The van der Waals surface area contributed by atoms with Crippen LogP contribution in [-0.2, 0) is 0 Å². The molecule has 0 atom stereocenters. The van der Waals surface area contributed by atoms with E-state index in [1.807, 2.05) is 0 Å². The summed E-state index contributed by atoms with van der Waals surface area (Å²) < 4.78 is 14.8. The van der Waals surface area contributed by atoms with Gasteiger partial charge in [0, 0.05) is 98.6 Å². The van der Waals surface area contributed by atoms with Crippen LogP contribution in [0.5, 0.6) is 0 Å². The molecule has 0 radical (unpaired) electrons. The number of rotatable bonds is 14. The van der Waals surface area contributed by atoms with Crippen molar-refractivity contribution in [2.75, 3.05) is 0 Å². The van der Waals surface area contributed by atoms with Crippen LogP contribution in [0.2, 0.25) is 0 Å². The Balaban J connectivity index is 0.000000107. The van der Waals surface area contributed by atoms with Crippen molar-refractivity contribution in [3.05, 3.63) is 570 Å². The molecule has 30 aromatic rings. The van der Waals surface area contributed by atoms with E-state index in [0.29, 0.717) is 0 Å². The zero-order valence-corrected chi connectivity index (χ0v) is 81.0. The fourth-order valence-electron chi connectivity index (χ4n) is 23.6. The van der Waals surface area contributed by atoms with Gasteiger partial charge in [0.1, 0.15) is 0 Å². The molecule has 30 rings (SSSR count). The van der Waals surface area contributed by atoms with E-state index < -0.39 is 0 Å². The monoisotopic (exact) mass is 1880 g/mol. The van der Waals surface area contributed by atoms with E-state index >= 15 is 0 Å². The number of para-hydroxylation sites is 6. The summed E-state index contributed by atoms with van der Waals surface area (Å²) in [5.41, 5.74) is 40.8. The largest absolute Gasteiger partial charge is 0.309 e. The molecule has 24 aromatic carbocycles. The van der Waals surface area contributed by atoms with Crippen molar-refractivity contribution in [3.8, 4) is 123 Å². The maximum Gasteiger partial charge on any atom is 0.0641 e. The summed E-state index contributed by atoms with van der Waals surface area (Å²) in [5.74, 6) is 0. The quantitative estimate of drug-likeness (QED) is 0.104. The fourth-order valence-corrected chi connectivity index (χ4v) is 23.6. The minimum Gasteiger partial charge on any atom is -0.309 e. The normalized spacial score (nSPS) is 11.6. The Labute approximate surface area is 856 Å². The average Bonchev–Trinajstić information content (AvgIpc) is 1.55. The predicted octanol–water partition coefficient (Wildman–Crippen LogP) is 38.1. The lowest BCUT2D eigenvalue weighted by Gasteiger charge is -2.17. The van der Waals surface area contributed by atoms with Gasteiger partial charge in [-0.1, -0.05) is 437 Å². The van der Waals surface area contributed by atoms with Crippen molar-refractivity contribution in [1.29, 1.82) is 0 Å². The predicted molar refractivity (Wildman–Crippen MR) is 626 cm³/mol. The summed E-state index contributed by atoms with van der Waals surface area (Å²) in [6, 6.07) is 207. The lowest BCUT2D eigenvalue weighted by atomic mass is 9.97. The molecule has 6 heteroatoms. The maximum absolute atomic E-state index is 2.54. The van der Waals surface area contributed by atoms with Crippen LogP contribution in [0.15, 0.2) is 570 Å². The van der Waals surface area contributed by atoms with Crippen LogP contribution < -0.4 is 0 Å². The van der Waals surface area contributed by atoms with Gasteiger partial charge in [-0.15, -0.1) is 0 Å². The SMILES string of the molecule is c1ccc(-c2ccc(-c3cccc(-n4c5cccc(-c6ccccc6)c5c5ccc6c(c7ccccc7n6-c6ccccc6)c54)c3)cc2)cc1.c1ccc(-c2ccc(-n3c4cccc(-c5ccccc5)c4c4ccc5c(c6ccccc6n5-c5ccccc5)c43)c(-c3ccccc3)c2)cc1.c1ccc(-c2ccc3c(c2)c2c(ccc4c5ccccc5n(-c5ccccc5)c42)n3-c2cccc(-c3cccc4ccccc34)c2)cc1. The second kappa shape index (κ2) is 36.4. The first-order chi connectivity index (χ1) is 73.5. The molecule has 692 valence electrons. The van der Waals surface area contributed by atoms with Gasteiger partial charge >= 0.3 is 0 Å². The highest BCUT2D eigenvalue weighted by molar-refractivity contribution is 6.31. The van der Waals surface area contributed by atoms with Gasteiger partial charge in [0.15, 0.2) is 0 Å². The average molecular weight is 1880 g/mol. The van der Waals surface area contributed by atoms with Gasteiger partial charge in [0.05, 0.1) is 71.9 Å². The highest BCUT2D eigenvalue weighted by Crippen LogP contribution is 2.51. The third-order valence-electron chi connectivity index (χ3n) is 30.1. The molecule has 148 heavy (non-hydrogen) atoms. The van der Waals surface area contributed by atoms with E-state index in [4.69, 9.17) is 0 Å². The Kier molecular flexibility index (Phi) is 21.2. The minimum atomic E-state index is 1.14. The highest BCUT2D eigenvalue weighted by atomic mass is 15.0. The van der Waals surface area contributed by atoms with Crippen LogP contribution in [0.25, 0.3) is 265 Å². The number of aromatic nitrogens is 6. The third-order valence-corrected chi connectivity index (χ3v) is 30.1. The van der Waals surface area contributed by atoms with Crippen molar-refractivity contribution in [2.45, 2.75) is 0 Å². The van der Waals surface area contributed by atoms with E-state index in [-0.39, 0.29) is 0 Å². The molecule has 0 saturated carbocycles. The Morgan fingerprint density at radius 1 is 0.108 bits per heavy atom. The smallest absolute Gasteiger partial charge is 0.0641 e. The molecular weight excluding hydrogens is 1790 g/mol. The number of benzene rings is 24. The van der Waals surface area contributed by atoms with Crippen molar-refractivity contribution in [1.82, 2.24) is 27.4 Å². The first-order valence-electron chi connectivity index (χ1n) is 50.9. The topological polar surface area (TPSA) is 29.6 Å². The fraction of sp³-hybridized carbons (Fsp3) is 0. The first-order valence-corrected chi connectivity index (χ1v) is 50.9. The van der Waals surface area contributed by atoms with Gasteiger partial charge in [-0.2, -0.15) is 0 Å². The zero-order valence-electron chi connectivity index (χ0n) is 81.0. The molecule has 0 saturated heterocycles. The number of hydrogen-bond donors (Lipinski definition) is 0. The minimum absolute atomic E-state index is 1.14. The Hall–Kier alpha value is -19.7. The second-order valence-electron chi connectivity index (χ2n) is 38.4. The van der Waals surface area contributed by atoms with Gasteiger partial charge in [-0.05, 0) is 228 Å². The summed E-state index contributed by atoms with van der Waals surface area (Å²) in [6.45, 7) is 0. The third kappa shape index (κ3) is 14.6. The lowest BCUT2D eigenvalue weighted by molar-refractivity contribution is 1.17. The molecule has 0 aliphatic rings. The zero-order chi connectivity index (χ0) is 97.6. The van der Waals surface area contributed by atoms with Crippen LogP contribution in [0, 0.1) is 0 Å². The molecule has 0 unspecified atom stereocenters. The number of hydrogen-bond acceptors (Lipinski definition) is 0. The van der Waals surface area contributed by atoms with E-state index in [9.17, 15) is 0 Å². The lowest BCUT2D eigenvalue weighted by Crippen LogP contribution is -1.99. The summed E-state index contributed by atoms with van der Waals surface area (Å²) in [7, 11) is 0. The van der Waals surface area contributed by atoms with Crippen molar-refractivity contribution >= 4 is 142 Å². The van der Waals surface area contributed by atoms with Gasteiger partial charge in [0.25, 0.3) is 0 Å². The molecule has 0 N–H and O–H groups in total. The molecule has 0 amide bonds. The second-order valence-corrected chi connectivity index (χ2v) is 38.4. The molecule has 0 fully saturated rings. The van der Waals surface area contributed by atoms with E-state index in [0.717, 1.165) is 34.1 Å². The molecule has 0 bridgehead atoms. The summed E-state index contributed by atoms with van der Waals surface area (Å²) in [5, 5.41) is 17.6. The van der Waals surface area contributed by atoms with E-state index in [1.54, 1.807) is 0 Å². The van der Waals surface area contributed by atoms with Crippen LogP contribution in [0.1, 0.15) is 0 Å². The van der Waals surface area contributed by atoms with Crippen molar-refractivity contribution in [2.24, 2.45) is 0 Å². The van der Waals surface area contributed by atoms with Crippen LogP contribution >= 0.6 is 0 Å². The molecule has 0 aliphatic carbocycles. The van der Waals surface area contributed by atoms with Gasteiger partial charge in [-0.25, -0.2) is 0 Å². The van der Waals surface area contributed by atoms with Gasteiger partial charge < -0.3 is 27.4 Å². The summed E-state index contributed by atoms with van der Waals surface area (Å²) >= 11 is 0. The number of nitrogens with zero attached hydrogens (tertiary/aromatic N) is 6. The Morgan fingerprint density at radius 2 is 0.385 bits per heavy atom. The molecular formula is C142H94N6. The summed E-state index contributed by atoms with van der Waals surface area (Å²) in [6.07, 6.45) is 0. The molecule has 6 heterocycles. The standard InChI is InChI=1S/2C48H32N2.C46H30N2/c1-5-16-33(17-6-1)36-28-30-43(41(32-36)35-20-9-3-10-21-35)50-44-27-15-25-38(34-18-7-2-8-19-34)46(44)40-29-31-45-47(48(40)50)39-24-13-14-26-42(39)49(45)37-22-11-4-12-23-37;1-4-14-33(15-5-1)34-26-28-35(29-27-34)37-18-12-21-39(32-37)50-44-25-13-23-40(36-16-6-2-7-17-36)46(44)42-30-31-45-47(48(42)50)41-22-10-11-24-43(41)49(45)38-19-8-3-9-20-38;1-3-13-31(14-4-1)33-25-27-43-41(30-33)45-44(28-26-40-39-22-9-10-24-42(39)48(46(40)45)35-18-5-2-6-19-35)47(43)36-20-11-17-34(29-36)38-23-12-16-32-15-7-8-21-37(32)38/h2*1-32H;1-30H. The molecule has 6 nitrogen and oxygen atoms in total. The Bertz CT molecular complexity index is 10300. The molecule has 0 aliphatic heterocycles. The van der Waals surface area contributed by atoms with Crippen LogP contribution in [0.3, 0.4) is 0 Å². The first kappa shape index (κ1) is 86.2. The maximum atomic E-state index is 2.54. The van der Waals surface area contributed by atoms with E-state index in [2.05, 4.69) is 598 Å². The molecule has 6 aromatic heterocycles. The van der Waals surface area contributed by atoms with Crippen molar-refractivity contribution in [3.63, 3.8) is 0 Å². The van der Waals surface area contributed by atoms with Crippen molar-refractivity contribution < 1.29 is 0 Å². The Morgan fingerprint density at radius 3 is 0.912 bits per heavy atom. The van der Waals surface area contributed by atoms with Gasteiger partial charge in [-0.3, -0.25) is 0 Å². The number of fused-ring (bicyclic) bond motifs is 22. The summed E-state index contributed by atoms with van der Waals surface area (Å²) in [4.78, 5) is 0. The van der Waals surface area contributed by atoms with Crippen LogP contribution in [-0.4, -0.2) is 27.4 Å². The highest BCUT2D eigenvalue weighted by Gasteiger charge is 2.29. The van der Waals surface area contributed by atoms with E-state index in [1.165, 1.54) is 231 Å². The van der Waals surface area contributed by atoms with Crippen LogP contribution in [0.4, 0.5) is 0 Å². The van der Waals surface area contributed by atoms with Gasteiger partial charge in [0.2, 0.25) is 0 Å². The molecule has 0 spiro atoms.